The predicted octanol–water partition coefficient (Wildman–Crippen LogP) is 2.00. The van der Waals surface area contributed by atoms with Crippen LogP contribution < -0.4 is 0 Å². The molecule has 0 atom stereocenters. The van der Waals surface area contributed by atoms with Gasteiger partial charge >= 0.3 is 0 Å². The van der Waals surface area contributed by atoms with Crippen LogP contribution in [0.15, 0.2) is 29.2 Å². The lowest BCUT2D eigenvalue weighted by Gasteiger charge is -1.93. The highest BCUT2D eigenvalue weighted by Crippen LogP contribution is 2.14. The molecule has 1 rings (SSSR count). The van der Waals surface area contributed by atoms with Crippen molar-refractivity contribution < 1.29 is 17.9 Å². The van der Waals surface area contributed by atoms with E-state index in [1.165, 1.54) is 0 Å². The first kappa shape index (κ1) is 15.8. The molecule has 14 heavy (non-hydrogen) atoms. The van der Waals surface area contributed by atoms with Gasteiger partial charge in [-0.15, -0.1) is 0 Å². The van der Waals surface area contributed by atoms with Crippen molar-refractivity contribution >= 4 is 19.7 Å². The number of hydrogen-bond acceptors (Lipinski definition) is 3. The SMILES string of the molecule is C.CO.O=S(=O)(Cl)c1ccc(F)cc1. The number of benzene rings is 1. The van der Waals surface area contributed by atoms with Crippen molar-refractivity contribution in [2.75, 3.05) is 7.11 Å². The molecule has 0 bridgehead atoms. The quantitative estimate of drug-likeness (QED) is 0.767. The maximum Gasteiger partial charge on any atom is 0.261 e. The third-order valence-corrected chi connectivity index (χ3v) is 2.46. The minimum atomic E-state index is -3.71. The molecule has 0 aromatic heterocycles. The highest BCUT2D eigenvalue weighted by Gasteiger charge is 2.08. The normalized spacial score (nSPS) is 9.43. The van der Waals surface area contributed by atoms with Crippen LogP contribution in [0.3, 0.4) is 0 Å². The summed E-state index contributed by atoms with van der Waals surface area (Å²) in [5.41, 5.74) is 0. The lowest BCUT2D eigenvalue weighted by Crippen LogP contribution is -1.89. The van der Waals surface area contributed by atoms with Gasteiger partial charge in [-0.25, -0.2) is 12.8 Å². The third kappa shape index (κ3) is 5.16. The Morgan fingerprint density at radius 2 is 1.57 bits per heavy atom. The summed E-state index contributed by atoms with van der Waals surface area (Å²) in [4.78, 5) is -0.0967. The highest BCUT2D eigenvalue weighted by atomic mass is 35.7. The number of rotatable bonds is 1. The average Bonchev–Trinajstić information content (AvgIpc) is 2.07. The molecular weight excluding hydrogens is 231 g/mol. The molecule has 82 valence electrons. The smallest absolute Gasteiger partial charge is 0.261 e. The zero-order valence-electron chi connectivity index (χ0n) is 6.74. The van der Waals surface area contributed by atoms with Crippen LogP contribution in [0.2, 0.25) is 0 Å². The van der Waals surface area contributed by atoms with E-state index >= 15 is 0 Å². The lowest BCUT2D eigenvalue weighted by molar-refractivity contribution is 0.399. The molecule has 0 unspecified atom stereocenters. The van der Waals surface area contributed by atoms with Crippen LogP contribution in [0.5, 0.6) is 0 Å². The first-order chi connectivity index (χ1) is 6.00. The van der Waals surface area contributed by atoms with Gasteiger partial charge in [0.1, 0.15) is 5.82 Å². The fraction of sp³-hybridized carbons (Fsp3) is 0.250. The highest BCUT2D eigenvalue weighted by molar-refractivity contribution is 8.13. The topological polar surface area (TPSA) is 54.4 Å². The zero-order chi connectivity index (χ0) is 10.5. The molecule has 1 aromatic carbocycles. The molecule has 1 aromatic rings. The standard InChI is InChI=1S/C6H4ClFO2S.CH4O.CH4/c7-11(9,10)6-3-1-5(8)2-4-6;1-2;/h1-4H;2H,1H3;1H4. The third-order valence-electron chi connectivity index (χ3n) is 1.10. The van der Waals surface area contributed by atoms with Gasteiger partial charge in [-0.2, -0.15) is 0 Å². The summed E-state index contributed by atoms with van der Waals surface area (Å²) in [5.74, 6) is -0.492. The fourth-order valence-electron chi connectivity index (χ4n) is 0.597. The van der Waals surface area contributed by atoms with Gasteiger partial charge in [0.05, 0.1) is 4.90 Å². The van der Waals surface area contributed by atoms with Crippen LogP contribution in [0.1, 0.15) is 7.43 Å². The van der Waals surface area contributed by atoms with Crippen molar-refractivity contribution in [3.05, 3.63) is 30.1 Å². The molecule has 3 nitrogen and oxygen atoms in total. The second kappa shape index (κ2) is 6.75. The van der Waals surface area contributed by atoms with Gasteiger partial charge in [0.2, 0.25) is 0 Å². The van der Waals surface area contributed by atoms with Crippen molar-refractivity contribution in [3.8, 4) is 0 Å². The second-order valence-corrected chi connectivity index (χ2v) is 4.46. The van der Waals surface area contributed by atoms with Gasteiger partial charge in [-0.05, 0) is 24.3 Å². The Labute approximate surface area is 87.6 Å². The number of aliphatic hydroxyl groups is 1. The molecule has 0 radical (unpaired) electrons. The van der Waals surface area contributed by atoms with E-state index in [9.17, 15) is 12.8 Å². The lowest BCUT2D eigenvalue weighted by atomic mass is 10.4. The molecule has 0 aliphatic rings. The van der Waals surface area contributed by atoms with E-state index in [0.29, 0.717) is 0 Å². The zero-order valence-corrected chi connectivity index (χ0v) is 8.31. The minimum Gasteiger partial charge on any atom is -0.400 e. The molecule has 0 saturated carbocycles. The summed E-state index contributed by atoms with van der Waals surface area (Å²) in [6.45, 7) is 0. The van der Waals surface area contributed by atoms with E-state index in [2.05, 4.69) is 0 Å². The molecule has 0 fully saturated rings. The summed E-state index contributed by atoms with van der Waals surface area (Å²) in [5, 5.41) is 7.00. The van der Waals surface area contributed by atoms with Crippen LogP contribution in [-0.2, 0) is 9.05 Å². The van der Waals surface area contributed by atoms with Crippen LogP contribution >= 0.6 is 10.7 Å². The van der Waals surface area contributed by atoms with E-state index in [1.807, 2.05) is 0 Å². The minimum absolute atomic E-state index is 0. The number of aliphatic hydroxyl groups excluding tert-OH is 1. The van der Waals surface area contributed by atoms with Crippen molar-refractivity contribution in [1.82, 2.24) is 0 Å². The van der Waals surface area contributed by atoms with Crippen molar-refractivity contribution in [2.24, 2.45) is 0 Å². The molecule has 0 aliphatic carbocycles. The van der Waals surface area contributed by atoms with Crippen LogP contribution in [0, 0.1) is 5.82 Å². The van der Waals surface area contributed by atoms with E-state index in [0.717, 1.165) is 31.4 Å². The molecule has 1 N–H and O–H groups in total. The van der Waals surface area contributed by atoms with Gasteiger partial charge in [-0.3, -0.25) is 0 Å². The van der Waals surface area contributed by atoms with Gasteiger partial charge < -0.3 is 5.11 Å². The van der Waals surface area contributed by atoms with Gasteiger partial charge in [0.25, 0.3) is 9.05 Å². The van der Waals surface area contributed by atoms with Crippen LogP contribution in [0.25, 0.3) is 0 Å². The van der Waals surface area contributed by atoms with E-state index in [-0.39, 0.29) is 12.3 Å². The predicted molar refractivity (Wildman–Crippen MR) is 54.3 cm³/mol. The molecule has 0 aliphatic heterocycles. The van der Waals surface area contributed by atoms with Gasteiger partial charge in [0, 0.05) is 17.8 Å². The van der Waals surface area contributed by atoms with Crippen molar-refractivity contribution in [3.63, 3.8) is 0 Å². The molecule has 0 heterocycles. The first-order valence-electron chi connectivity index (χ1n) is 3.15. The monoisotopic (exact) mass is 242 g/mol. The molecule has 6 heteroatoms. The maximum absolute atomic E-state index is 12.2. The van der Waals surface area contributed by atoms with E-state index in [4.69, 9.17) is 15.8 Å². The van der Waals surface area contributed by atoms with E-state index < -0.39 is 14.9 Å². The largest absolute Gasteiger partial charge is 0.400 e. The summed E-state index contributed by atoms with van der Waals surface area (Å²) in [6.07, 6.45) is 0. The van der Waals surface area contributed by atoms with E-state index in [1.54, 1.807) is 0 Å². The summed E-state index contributed by atoms with van der Waals surface area (Å²) in [7, 11) is 2.25. The first-order valence-corrected chi connectivity index (χ1v) is 5.46. The Balaban J connectivity index is 0. The molecule has 0 amide bonds. The van der Waals surface area contributed by atoms with Gasteiger partial charge in [-0.1, -0.05) is 7.43 Å². The maximum atomic E-state index is 12.2. The van der Waals surface area contributed by atoms with Crippen molar-refractivity contribution in [2.45, 2.75) is 12.3 Å². The Morgan fingerprint density at radius 3 is 1.86 bits per heavy atom. The average molecular weight is 243 g/mol. The van der Waals surface area contributed by atoms with Gasteiger partial charge in [0.15, 0.2) is 0 Å². The Bertz CT molecular complexity index is 347. The molecule has 0 saturated heterocycles. The number of hydrogen-bond donors (Lipinski definition) is 1. The fourth-order valence-corrected chi connectivity index (χ4v) is 1.37. The Kier molecular flexibility index (Phi) is 7.62. The summed E-state index contributed by atoms with van der Waals surface area (Å²) < 4.78 is 33.4. The van der Waals surface area contributed by atoms with Crippen LogP contribution in [-0.4, -0.2) is 20.6 Å². The second-order valence-electron chi connectivity index (χ2n) is 1.89. The number of halogens is 2. The summed E-state index contributed by atoms with van der Waals surface area (Å²) in [6, 6.07) is 4.29. The van der Waals surface area contributed by atoms with Crippen molar-refractivity contribution in [1.29, 1.82) is 0 Å². The molecule has 0 spiro atoms. The Morgan fingerprint density at radius 1 is 1.21 bits per heavy atom. The summed E-state index contributed by atoms with van der Waals surface area (Å²) >= 11 is 0. The van der Waals surface area contributed by atoms with Crippen LogP contribution in [0.4, 0.5) is 4.39 Å². The Hall–Kier alpha value is -0.650. The molecular formula is C8H12ClFO3S.